The van der Waals surface area contributed by atoms with Crippen LogP contribution in [0.2, 0.25) is 0 Å². The highest BCUT2D eigenvalue weighted by Gasteiger charge is 2.10. The van der Waals surface area contributed by atoms with Gasteiger partial charge in [-0.3, -0.25) is 9.59 Å². The minimum atomic E-state index is -0.315. The average molecular weight is 316 g/mol. The number of benzene rings is 1. The van der Waals surface area contributed by atoms with Crippen LogP contribution >= 0.6 is 0 Å². The summed E-state index contributed by atoms with van der Waals surface area (Å²) in [7, 11) is 1.58. The van der Waals surface area contributed by atoms with Gasteiger partial charge in [0.05, 0.1) is 7.11 Å². The van der Waals surface area contributed by atoms with Crippen molar-refractivity contribution < 1.29 is 14.3 Å². The predicted molar refractivity (Wildman–Crippen MR) is 90.4 cm³/mol. The van der Waals surface area contributed by atoms with E-state index < -0.39 is 0 Å². The fourth-order valence-electron chi connectivity index (χ4n) is 2.58. The number of hydrogen-bond acceptors (Lipinski definition) is 3. The number of rotatable bonds is 7. The molecule has 0 fully saturated rings. The molecular formula is C18H24N2O3. The lowest BCUT2D eigenvalue weighted by Crippen LogP contribution is -2.29. The summed E-state index contributed by atoms with van der Waals surface area (Å²) in [5.74, 6) is 0.162. The summed E-state index contributed by atoms with van der Waals surface area (Å²) in [6, 6.07) is 7.00. The van der Waals surface area contributed by atoms with Gasteiger partial charge in [-0.25, -0.2) is 0 Å². The molecule has 1 aromatic rings. The molecule has 0 atom stereocenters. The summed E-state index contributed by atoms with van der Waals surface area (Å²) in [6.07, 6.45) is 7.77. The lowest BCUT2D eigenvalue weighted by molar-refractivity contribution is -0.126. The average Bonchev–Trinajstić information content (AvgIpc) is 2.56. The Morgan fingerprint density at radius 1 is 1.13 bits per heavy atom. The van der Waals surface area contributed by atoms with E-state index in [1.165, 1.54) is 18.4 Å². The molecule has 0 aromatic heterocycles. The van der Waals surface area contributed by atoms with Crippen LogP contribution in [0.15, 0.2) is 35.9 Å². The lowest BCUT2D eigenvalue weighted by atomic mass is 9.97. The third kappa shape index (κ3) is 6.14. The maximum atomic E-state index is 11.8. The van der Waals surface area contributed by atoms with Crippen molar-refractivity contribution in [2.24, 2.45) is 0 Å². The second-order valence-corrected chi connectivity index (χ2v) is 5.66. The summed E-state index contributed by atoms with van der Waals surface area (Å²) < 4.78 is 5.05. The maximum Gasteiger partial charge on any atom is 0.233 e. The smallest absolute Gasteiger partial charge is 0.233 e. The normalized spacial score (nSPS) is 13.9. The molecule has 5 nitrogen and oxygen atoms in total. The van der Waals surface area contributed by atoms with Crippen LogP contribution in [0.3, 0.4) is 0 Å². The molecule has 2 rings (SSSR count). The first kappa shape index (κ1) is 17.1. The quantitative estimate of drug-likeness (QED) is 0.600. The zero-order valence-corrected chi connectivity index (χ0v) is 13.6. The molecule has 0 bridgehead atoms. The van der Waals surface area contributed by atoms with Crippen LogP contribution in [0, 0.1) is 0 Å². The first-order valence-electron chi connectivity index (χ1n) is 8.06. The first-order chi connectivity index (χ1) is 11.2. The summed E-state index contributed by atoms with van der Waals surface area (Å²) >= 11 is 0. The molecule has 0 unspecified atom stereocenters. The van der Waals surface area contributed by atoms with Gasteiger partial charge in [0.1, 0.15) is 12.2 Å². The van der Waals surface area contributed by atoms with Gasteiger partial charge >= 0.3 is 0 Å². The SMILES string of the molecule is COc1ccc(NC(=O)CC(=O)NCCC2=CCCCC2)cc1. The van der Waals surface area contributed by atoms with Gasteiger partial charge in [0.15, 0.2) is 0 Å². The van der Waals surface area contributed by atoms with Crippen molar-refractivity contribution in [1.82, 2.24) is 5.32 Å². The number of methoxy groups -OCH3 is 1. The molecule has 2 N–H and O–H groups in total. The van der Waals surface area contributed by atoms with Gasteiger partial charge in [0.2, 0.25) is 11.8 Å². The second kappa shape index (κ2) is 8.98. The fraction of sp³-hybridized carbons (Fsp3) is 0.444. The van der Waals surface area contributed by atoms with Gasteiger partial charge in [0, 0.05) is 12.2 Å². The molecule has 5 heteroatoms. The molecule has 0 spiro atoms. The highest BCUT2D eigenvalue weighted by atomic mass is 16.5. The van der Waals surface area contributed by atoms with E-state index in [-0.39, 0.29) is 18.2 Å². The van der Waals surface area contributed by atoms with Gasteiger partial charge < -0.3 is 15.4 Å². The minimum absolute atomic E-state index is 0.162. The Morgan fingerprint density at radius 3 is 2.57 bits per heavy atom. The Morgan fingerprint density at radius 2 is 1.91 bits per heavy atom. The predicted octanol–water partition coefficient (Wildman–Crippen LogP) is 3.03. The maximum absolute atomic E-state index is 11.8. The molecule has 2 amide bonds. The number of nitrogens with one attached hydrogen (secondary N) is 2. The van der Waals surface area contributed by atoms with E-state index in [2.05, 4.69) is 16.7 Å². The molecular weight excluding hydrogens is 292 g/mol. The van der Waals surface area contributed by atoms with Gasteiger partial charge in [0.25, 0.3) is 0 Å². The molecule has 1 aromatic carbocycles. The molecule has 0 saturated heterocycles. The fourth-order valence-corrected chi connectivity index (χ4v) is 2.58. The number of anilines is 1. The molecule has 1 aliphatic carbocycles. The van der Waals surface area contributed by atoms with Gasteiger partial charge in [-0.1, -0.05) is 11.6 Å². The van der Waals surface area contributed by atoms with Gasteiger partial charge in [-0.15, -0.1) is 0 Å². The molecule has 1 aliphatic rings. The van der Waals surface area contributed by atoms with E-state index in [9.17, 15) is 9.59 Å². The van der Waals surface area contributed by atoms with Crippen LogP contribution in [0.4, 0.5) is 5.69 Å². The van der Waals surface area contributed by atoms with E-state index in [4.69, 9.17) is 4.74 Å². The van der Waals surface area contributed by atoms with Crippen molar-refractivity contribution in [1.29, 1.82) is 0 Å². The molecule has 124 valence electrons. The van der Waals surface area contributed by atoms with Crippen LogP contribution in [0.5, 0.6) is 5.75 Å². The van der Waals surface area contributed by atoms with Crippen molar-refractivity contribution in [2.75, 3.05) is 19.0 Å². The standard InChI is InChI=1S/C18H24N2O3/c1-23-16-9-7-15(8-10-16)20-18(22)13-17(21)19-12-11-14-5-3-2-4-6-14/h5,7-10H,2-4,6,11-13H2,1H3,(H,19,21)(H,20,22). The Balaban J connectivity index is 1.67. The van der Waals surface area contributed by atoms with E-state index in [0.29, 0.717) is 12.2 Å². The van der Waals surface area contributed by atoms with Crippen LogP contribution in [-0.4, -0.2) is 25.5 Å². The summed E-state index contributed by atoms with van der Waals surface area (Å²) in [5, 5.41) is 5.50. The van der Waals surface area contributed by atoms with Crippen molar-refractivity contribution in [3.8, 4) is 5.75 Å². The molecule has 0 radical (unpaired) electrons. The van der Waals surface area contributed by atoms with E-state index in [1.807, 2.05) is 0 Å². The number of amides is 2. The number of carbonyl (C=O) groups is 2. The highest BCUT2D eigenvalue weighted by molar-refractivity contribution is 6.03. The Hall–Kier alpha value is -2.30. The van der Waals surface area contributed by atoms with Crippen LogP contribution in [0.1, 0.15) is 38.5 Å². The second-order valence-electron chi connectivity index (χ2n) is 5.66. The van der Waals surface area contributed by atoms with Crippen molar-refractivity contribution in [3.63, 3.8) is 0 Å². The van der Waals surface area contributed by atoms with Crippen LogP contribution in [-0.2, 0) is 9.59 Å². The molecule has 23 heavy (non-hydrogen) atoms. The molecule has 0 aliphatic heterocycles. The van der Waals surface area contributed by atoms with Crippen LogP contribution in [0.25, 0.3) is 0 Å². The summed E-state index contributed by atoms with van der Waals surface area (Å²) in [5.41, 5.74) is 2.06. The summed E-state index contributed by atoms with van der Waals surface area (Å²) in [4.78, 5) is 23.6. The van der Waals surface area contributed by atoms with Crippen molar-refractivity contribution >= 4 is 17.5 Å². The number of hydrogen-bond donors (Lipinski definition) is 2. The Kier molecular flexibility index (Phi) is 6.66. The van der Waals surface area contributed by atoms with Gasteiger partial charge in [-0.2, -0.15) is 0 Å². The topological polar surface area (TPSA) is 67.4 Å². The monoisotopic (exact) mass is 316 g/mol. The molecule has 0 saturated carbocycles. The number of allylic oxidation sites excluding steroid dienone is 1. The largest absolute Gasteiger partial charge is 0.497 e. The summed E-state index contributed by atoms with van der Waals surface area (Å²) in [6.45, 7) is 0.598. The van der Waals surface area contributed by atoms with E-state index in [0.717, 1.165) is 25.0 Å². The van der Waals surface area contributed by atoms with E-state index in [1.54, 1.807) is 31.4 Å². The zero-order chi connectivity index (χ0) is 16.5. The Bertz CT molecular complexity index is 564. The number of ether oxygens (including phenoxy) is 1. The Labute approximate surface area is 137 Å². The first-order valence-corrected chi connectivity index (χ1v) is 8.06. The van der Waals surface area contributed by atoms with Crippen molar-refractivity contribution in [2.45, 2.75) is 38.5 Å². The van der Waals surface area contributed by atoms with Gasteiger partial charge in [-0.05, 0) is 56.4 Å². The minimum Gasteiger partial charge on any atom is -0.497 e. The van der Waals surface area contributed by atoms with Crippen LogP contribution < -0.4 is 15.4 Å². The third-order valence-corrected chi connectivity index (χ3v) is 3.85. The zero-order valence-electron chi connectivity index (χ0n) is 13.6. The van der Waals surface area contributed by atoms with E-state index >= 15 is 0 Å². The highest BCUT2D eigenvalue weighted by Crippen LogP contribution is 2.19. The molecule has 0 heterocycles. The van der Waals surface area contributed by atoms with Crippen molar-refractivity contribution in [3.05, 3.63) is 35.9 Å². The third-order valence-electron chi connectivity index (χ3n) is 3.85. The lowest BCUT2D eigenvalue weighted by Gasteiger charge is -2.13. The number of carbonyl (C=O) groups excluding carboxylic acids is 2.